The lowest BCUT2D eigenvalue weighted by atomic mass is 10.1. The smallest absolute Gasteiger partial charge is 0.234 e. The van der Waals surface area contributed by atoms with E-state index in [9.17, 15) is 9.18 Å². The van der Waals surface area contributed by atoms with Crippen molar-refractivity contribution in [3.05, 3.63) is 58.9 Å². The molecule has 0 saturated heterocycles. The Kier molecular flexibility index (Phi) is 5.43. The molecule has 1 aromatic heterocycles. The number of benzene rings is 2. The third kappa shape index (κ3) is 3.97. The van der Waals surface area contributed by atoms with E-state index in [1.165, 1.54) is 16.8 Å². The third-order valence-electron chi connectivity index (χ3n) is 3.59. The topological polar surface area (TPSA) is 85.8 Å². The van der Waals surface area contributed by atoms with Crippen LogP contribution in [0.1, 0.15) is 5.56 Å². The zero-order chi connectivity index (χ0) is 18.7. The van der Waals surface area contributed by atoms with E-state index < -0.39 is 5.82 Å². The maximum Gasteiger partial charge on any atom is 0.234 e. The van der Waals surface area contributed by atoms with Crippen LogP contribution in [0.5, 0.6) is 0 Å². The number of aromatic nitrogens is 3. The van der Waals surface area contributed by atoms with Crippen molar-refractivity contribution in [1.82, 2.24) is 14.9 Å². The highest BCUT2D eigenvalue weighted by Gasteiger charge is 2.15. The van der Waals surface area contributed by atoms with Gasteiger partial charge in [0, 0.05) is 5.56 Å². The van der Waals surface area contributed by atoms with E-state index in [2.05, 4.69) is 15.5 Å². The first-order valence-corrected chi connectivity index (χ1v) is 8.96. The molecule has 0 spiro atoms. The Labute approximate surface area is 158 Å². The van der Waals surface area contributed by atoms with Gasteiger partial charge in [0.2, 0.25) is 11.1 Å². The van der Waals surface area contributed by atoms with Gasteiger partial charge >= 0.3 is 0 Å². The molecule has 0 fully saturated rings. The summed E-state index contributed by atoms with van der Waals surface area (Å²) in [7, 11) is 0. The van der Waals surface area contributed by atoms with Crippen molar-refractivity contribution in [2.24, 2.45) is 0 Å². The molecular formula is C17H15ClFN5OS. The number of nitrogens with one attached hydrogen (secondary N) is 1. The van der Waals surface area contributed by atoms with E-state index in [0.29, 0.717) is 16.7 Å². The SMILES string of the molecule is Cc1ccccc1-c1nnc(SCC(=O)Nc2ccc(F)cc2Cl)n1N. The van der Waals surface area contributed by atoms with Crippen molar-refractivity contribution in [3.8, 4) is 11.4 Å². The number of hydrogen-bond acceptors (Lipinski definition) is 5. The Hall–Kier alpha value is -2.58. The number of anilines is 1. The monoisotopic (exact) mass is 391 g/mol. The highest BCUT2D eigenvalue weighted by atomic mass is 35.5. The highest BCUT2D eigenvalue weighted by Crippen LogP contribution is 2.25. The maximum absolute atomic E-state index is 13.0. The van der Waals surface area contributed by atoms with Crippen molar-refractivity contribution < 1.29 is 9.18 Å². The number of aryl methyl sites for hydroxylation is 1. The van der Waals surface area contributed by atoms with Gasteiger partial charge in [0.1, 0.15) is 5.82 Å². The van der Waals surface area contributed by atoms with E-state index in [1.54, 1.807) is 0 Å². The number of halogens is 2. The fraction of sp³-hybridized carbons (Fsp3) is 0.118. The highest BCUT2D eigenvalue weighted by molar-refractivity contribution is 7.99. The molecule has 0 saturated carbocycles. The molecule has 3 aromatic rings. The van der Waals surface area contributed by atoms with Crippen LogP contribution in [-0.4, -0.2) is 26.5 Å². The molecule has 2 aromatic carbocycles. The van der Waals surface area contributed by atoms with Crippen LogP contribution in [-0.2, 0) is 4.79 Å². The number of carbonyl (C=O) groups excluding carboxylic acids is 1. The van der Waals surface area contributed by atoms with E-state index >= 15 is 0 Å². The molecule has 26 heavy (non-hydrogen) atoms. The zero-order valence-electron chi connectivity index (χ0n) is 13.7. The first-order chi connectivity index (χ1) is 12.5. The van der Waals surface area contributed by atoms with Gasteiger partial charge in [-0.05, 0) is 30.7 Å². The molecule has 0 atom stereocenters. The second kappa shape index (κ2) is 7.76. The molecule has 0 aliphatic carbocycles. The second-order valence-corrected chi connectivity index (χ2v) is 6.80. The van der Waals surface area contributed by atoms with Crippen LogP contribution in [0.15, 0.2) is 47.6 Å². The predicted molar refractivity (Wildman–Crippen MR) is 101 cm³/mol. The van der Waals surface area contributed by atoms with E-state index in [0.717, 1.165) is 29.0 Å². The van der Waals surface area contributed by atoms with Gasteiger partial charge in [-0.25, -0.2) is 9.07 Å². The number of carbonyl (C=O) groups is 1. The summed E-state index contributed by atoms with van der Waals surface area (Å²) in [6.45, 7) is 1.96. The molecule has 0 unspecified atom stereocenters. The largest absolute Gasteiger partial charge is 0.335 e. The number of nitrogen functional groups attached to an aromatic ring is 1. The van der Waals surface area contributed by atoms with Crippen LogP contribution >= 0.6 is 23.4 Å². The van der Waals surface area contributed by atoms with Gasteiger partial charge in [0.05, 0.1) is 16.5 Å². The molecule has 3 rings (SSSR count). The summed E-state index contributed by atoms with van der Waals surface area (Å²) in [5.74, 6) is 5.85. The lowest BCUT2D eigenvalue weighted by Crippen LogP contribution is -2.16. The number of nitrogens with zero attached hydrogens (tertiary/aromatic N) is 3. The van der Waals surface area contributed by atoms with Crippen LogP contribution < -0.4 is 11.2 Å². The maximum atomic E-state index is 13.0. The van der Waals surface area contributed by atoms with E-state index in [4.69, 9.17) is 17.4 Å². The first kappa shape index (κ1) is 18.2. The molecule has 0 aliphatic rings. The van der Waals surface area contributed by atoms with Gasteiger partial charge in [0.25, 0.3) is 0 Å². The Bertz CT molecular complexity index is 962. The van der Waals surface area contributed by atoms with E-state index in [-0.39, 0.29) is 16.7 Å². The first-order valence-electron chi connectivity index (χ1n) is 7.60. The minimum atomic E-state index is -0.470. The number of thioether (sulfide) groups is 1. The molecule has 0 radical (unpaired) electrons. The van der Waals surface area contributed by atoms with Crippen molar-refractivity contribution in [2.75, 3.05) is 16.9 Å². The van der Waals surface area contributed by atoms with Crippen LogP contribution in [0.2, 0.25) is 5.02 Å². The molecule has 1 heterocycles. The summed E-state index contributed by atoms with van der Waals surface area (Å²) < 4.78 is 14.4. The molecule has 0 aliphatic heterocycles. The summed E-state index contributed by atoms with van der Waals surface area (Å²) in [4.78, 5) is 12.1. The van der Waals surface area contributed by atoms with Crippen LogP contribution in [0.25, 0.3) is 11.4 Å². The van der Waals surface area contributed by atoms with Crippen LogP contribution in [0.4, 0.5) is 10.1 Å². The molecule has 0 bridgehead atoms. The number of hydrogen-bond donors (Lipinski definition) is 2. The third-order valence-corrected chi connectivity index (χ3v) is 4.84. The Morgan fingerprint density at radius 3 is 2.81 bits per heavy atom. The Morgan fingerprint density at radius 2 is 2.08 bits per heavy atom. The van der Waals surface area contributed by atoms with E-state index in [1.807, 2.05) is 31.2 Å². The number of rotatable bonds is 5. The average Bonchev–Trinajstić information content (AvgIpc) is 2.97. The summed E-state index contributed by atoms with van der Waals surface area (Å²) in [5.41, 5.74) is 2.23. The van der Waals surface area contributed by atoms with Crippen LogP contribution in [0, 0.1) is 12.7 Å². The minimum Gasteiger partial charge on any atom is -0.335 e. The van der Waals surface area contributed by atoms with Gasteiger partial charge in [-0.3, -0.25) is 4.79 Å². The number of nitrogens with two attached hydrogens (primary N) is 1. The van der Waals surface area contributed by atoms with Gasteiger partial charge in [-0.1, -0.05) is 47.6 Å². The standard InChI is InChI=1S/C17H15ClFN5OS/c1-10-4-2-3-5-12(10)16-22-23-17(24(16)20)26-9-15(25)21-14-7-6-11(19)8-13(14)18/h2-8H,9,20H2,1H3,(H,21,25). The minimum absolute atomic E-state index is 0.0524. The Morgan fingerprint density at radius 1 is 1.31 bits per heavy atom. The van der Waals surface area contributed by atoms with Gasteiger partial charge in [0.15, 0.2) is 5.82 Å². The quantitative estimate of drug-likeness (QED) is 0.513. The van der Waals surface area contributed by atoms with Gasteiger partial charge in [-0.2, -0.15) is 0 Å². The summed E-state index contributed by atoms with van der Waals surface area (Å²) >= 11 is 7.03. The summed E-state index contributed by atoms with van der Waals surface area (Å²) in [5, 5.41) is 11.3. The van der Waals surface area contributed by atoms with Gasteiger partial charge < -0.3 is 11.2 Å². The van der Waals surface area contributed by atoms with Crippen molar-refractivity contribution in [3.63, 3.8) is 0 Å². The fourth-order valence-corrected chi connectivity index (χ4v) is 3.16. The second-order valence-electron chi connectivity index (χ2n) is 5.45. The average molecular weight is 392 g/mol. The van der Waals surface area contributed by atoms with Crippen molar-refractivity contribution in [2.45, 2.75) is 12.1 Å². The molecule has 9 heteroatoms. The molecule has 6 nitrogen and oxygen atoms in total. The Balaban J connectivity index is 1.67. The predicted octanol–water partition coefficient (Wildman–Crippen LogP) is 3.49. The lowest BCUT2D eigenvalue weighted by Gasteiger charge is -2.07. The molecule has 134 valence electrons. The van der Waals surface area contributed by atoms with Crippen molar-refractivity contribution in [1.29, 1.82) is 0 Å². The summed E-state index contributed by atoms with van der Waals surface area (Å²) in [6.07, 6.45) is 0. The fourth-order valence-electron chi connectivity index (χ4n) is 2.29. The van der Waals surface area contributed by atoms with Gasteiger partial charge in [-0.15, -0.1) is 10.2 Å². The normalized spacial score (nSPS) is 10.7. The summed E-state index contributed by atoms with van der Waals surface area (Å²) in [6, 6.07) is 11.4. The van der Waals surface area contributed by atoms with Crippen LogP contribution in [0.3, 0.4) is 0 Å². The zero-order valence-corrected chi connectivity index (χ0v) is 15.3. The number of amides is 1. The molecule has 1 amide bonds. The molecule has 3 N–H and O–H groups in total. The van der Waals surface area contributed by atoms with Crippen molar-refractivity contribution >= 4 is 35.0 Å². The molecular weight excluding hydrogens is 377 g/mol. The lowest BCUT2D eigenvalue weighted by molar-refractivity contribution is -0.113.